The maximum absolute atomic E-state index is 11.3. The van der Waals surface area contributed by atoms with Gasteiger partial charge in [0.05, 0.1) is 12.3 Å². The monoisotopic (exact) mass is 225 g/mol. The predicted molar refractivity (Wildman–Crippen MR) is 57.7 cm³/mol. The lowest BCUT2D eigenvalue weighted by atomic mass is 10.3. The van der Waals surface area contributed by atoms with Gasteiger partial charge >= 0.3 is 0 Å². The van der Waals surface area contributed by atoms with Crippen molar-refractivity contribution in [2.75, 3.05) is 13.1 Å². The van der Waals surface area contributed by atoms with Crippen LogP contribution in [-0.4, -0.2) is 30.9 Å². The lowest BCUT2D eigenvalue weighted by molar-refractivity contribution is -0.121. The van der Waals surface area contributed by atoms with Gasteiger partial charge in [0.25, 0.3) is 5.91 Å². The summed E-state index contributed by atoms with van der Waals surface area (Å²) >= 11 is 0. The number of amides is 2. The van der Waals surface area contributed by atoms with E-state index in [1.54, 1.807) is 19.1 Å². The second kappa shape index (κ2) is 5.92. The molecule has 6 nitrogen and oxygen atoms in total. The van der Waals surface area contributed by atoms with Gasteiger partial charge in [0.1, 0.15) is 0 Å². The summed E-state index contributed by atoms with van der Waals surface area (Å²) in [5.41, 5.74) is 5.34. The van der Waals surface area contributed by atoms with Crippen LogP contribution in [0.1, 0.15) is 17.5 Å². The van der Waals surface area contributed by atoms with E-state index in [4.69, 9.17) is 10.2 Å². The predicted octanol–water partition coefficient (Wildman–Crippen LogP) is -0.527. The quantitative estimate of drug-likeness (QED) is 0.587. The summed E-state index contributed by atoms with van der Waals surface area (Å²) < 4.78 is 4.89. The van der Waals surface area contributed by atoms with Crippen LogP contribution in [0.3, 0.4) is 0 Å². The number of nitrogens with two attached hydrogens (primary N) is 1. The number of rotatable bonds is 5. The second-order valence-electron chi connectivity index (χ2n) is 3.31. The minimum Gasteiger partial charge on any atom is -0.459 e. The Kier molecular flexibility index (Phi) is 4.53. The Morgan fingerprint density at radius 2 is 2.12 bits per heavy atom. The molecule has 2 amide bonds. The van der Waals surface area contributed by atoms with E-state index in [2.05, 4.69) is 10.6 Å². The van der Waals surface area contributed by atoms with Crippen molar-refractivity contribution in [1.29, 1.82) is 0 Å². The van der Waals surface area contributed by atoms with Crippen molar-refractivity contribution in [2.45, 2.75) is 13.0 Å². The Labute approximate surface area is 93.2 Å². The molecule has 0 saturated heterocycles. The van der Waals surface area contributed by atoms with E-state index in [0.717, 1.165) is 0 Å². The number of nitrogens with one attached hydrogen (secondary N) is 2. The molecule has 1 aromatic heterocycles. The van der Waals surface area contributed by atoms with Crippen LogP contribution in [-0.2, 0) is 4.79 Å². The first-order valence-electron chi connectivity index (χ1n) is 4.96. The molecule has 16 heavy (non-hydrogen) atoms. The molecule has 4 N–H and O–H groups in total. The highest BCUT2D eigenvalue weighted by molar-refractivity contribution is 5.91. The lowest BCUT2D eigenvalue weighted by Gasteiger charge is -2.07. The zero-order valence-electron chi connectivity index (χ0n) is 9.03. The maximum atomic E-state index is 11.3. The van der Waals surface area contributed by atoms with Gasteiger partial charge in [0.2, 0.25) is 5.91 Å². The number of hydrogen-bond acceptors (Lipinski definition) is 4. The Bertz CT molecular complexity index is 346. The first kappa shape index (κ1) is 12.3. The molecule has 0 spiro atoms. The third-order valence-corrected chi connectivity index (χ3v) is 1.87. The Morgan fingerprint density at radius 1 is 1.44 bits per heavy atom. The van der Waals surface area contributed by atoms with E-state index in [1.807, 2.05) is 0 Å². The van der Waals surface area contributed by atoms with Crippen molar-refractivity contribution in [3.63, 3.8) is 0 Å². The molecule has 0 radical (unpaired) electrons. The normalized spacial score (nSPS) is 11.9. The molecule has 0 bridgehead atoms. The van der Waals surface area contributed by atoms with Gasteiger partial charge in [-0.15, -0.1) is 0 Å². The van der Waals surface area contributed by atoms with Crippen LogP contribution >= 0.6 is 0 Å². The van der Waals surface area contributed by atoms with E-state index in [-0.39, 0.29) is 17.6 Å². The van der Waals surface area contributed by atoms with Crippen molar-refractivity contribution < 1.29 is 14.0 Å². The topological polar surface area (TPSA) is 97.4 Å². The van der Waals surface area contributed by atoms with Crippen molar-refractivity contribution in [3.8, 4) is 0 Å². The van der Waals surface area contributed by atoms with Crippen LogP contribution in [0.15, 0.2) is 22.8 Å². The van der Waals surface area contributed by atoms with E-state index < -0.39 is 6.04 Å². The van der Waals surface area contributed by atoms with Crippen molar-refractivity contribution in [2.24, 2.45) is 5.73 Å². The number of furan rings is 1. The first-order valence-corrected chi connectivity index (χ1v) is 4.96. The van der Waals surface area contributed by atoms with E-state index >= 15 is 0 Å². The third-order valence-electron chi connectivity index (χ3n) is 1.87. The molecule has 0 aliphatic rings. The number of carbonyl (C=O) groups is 2. The van der Waals surface area contributed by atoms with E-state index in [1.165, 1.54) is 6.26 Å². The van der Waals surface area contributed by atoms with Gasteiger partial charge in [-0.25, -0.2) is 0 Å². The molecule has 0 unspecified atom stereocenters. The molecule has 1 atom stereocenters. The highest BCUT2D eigenvalue weighted by Crippen LogP contribution is 1.98. The van der Waals surface area contributed by atoms with Gasteiger partial charge < -0.3 is 20.8 Å². The van der Waals surface area contributed by atoms with Crippen LogP contribution in [0, 0.1) is 0 Å². The zero-order chi connectivity index (χ0) is 12.0. The summed E-state index contributed by atoms with van der Waals surface area (Å²) in [6.45, 7) is 2.27. The van der Waals surface area contributed by atoms with Gasteiger partial charge in [0, 0.05) is 13.1 Å². The van der Waals surface area contributed by atoms with Gasteiger partial charge in [-0.2, -0.15) is 0 Å². The van der Waals surface area contributed by atoms with Gasteiger partial charge in [-0.05, 0) is 19.1 Å². The average Bonchev–Trinajstić information content (AvgIpc) is 2.76. The van der Waals surface area contributed by atoms with Crippen LogP contribution < -0.4 is 16.4 Å². The fourth-order valence-electron chi connectivity index (χ4n) is 1.02. The molecule has 1 aromatic rings. The van der Waals surface area contributed by atoms with E-state index in [9.17, 15) is 9.59 Å². The number of hydrogen-bond donors (Lipinski definition) is 3. The fraction of sp³-hybridized carbons (Fsp3) is 0.400. The maximum Gasteiger partial charge on any atom is 0.287 e. The summed E-state index contributed by atoms with van der Waals surface area (Å²) in [6, 6.07) is 2.66. The molecule has 0 aromatic carbocycles. The summed E-state index contributed by atoms with van der Waals surface area (Å²) in [5.74, 6) is -0.300. The standard InChI is InChI=1S/C10H15N3O3/c1-7(11)9(14)12-4-5-13-10(15)8-3-2-6-16-8/h2-3,6-7H,4-5,11H2,1H3,(H,12,14)(H,13,15)/t7-/m0/s1. The molecule has 0 saturated carbocycles. The summed E-state index contributed by atoms with van der Waals surface area (Å²) in [5, 5.41) is 5.16. The average molecular weight is 225 g/mol. The van der Waals surface area contributed by atoms with Gasteiger partial charge in [-0.1, -0.05) is 0 Å². The molecular formula is C10H15N3O3. The highest BCUT2D eigenvalue weighted by atomic mass is 16.3. The summed E-state index contributed by atoms with van der Waals surface area (Å²) in [4.78, 5) is 22.4. The van der Waals surface area contributed by atoms with Crippen molar-refractivity contribution in [1.82, 2.24) is 10.6 Å². The second-order valence-corrected chi connectivity index (χ2v) is 3.31. The minimum absolute atomic E-state index is 0.243. The van der Waals surface area contributed by atoms with Gasteiger partial charge in [0.15, 0.2) is 5.76 Å². The SMILES string of the molecule is C[C@H](N)C(=O)NCCNC(=O)c1ccco1. The molecule has 1 rings (SSSR count). The summed E-state index contributed by atoms with van der Waals surface area (Å²) in [6.07, 6.45) is 1.42. The molecule has 88 valence electrons. The van der Waals surface area contributed by atoms with Crippen LogP contribution in [0.5, 0.6) is 0 Å². The fourth-order valence-corrected chi connectivity index (χ4v) is 1.02. The molecule has 0 fully saturated rings. The zero-order valence-corrected chi connectivity index (χ0v) is 9.03. The molecule has 6 heteroatoms. The summed E-state index contributed by atoms with van der Waals surface area (Å²) in [7, 11) is 0. The van der Waals surface area contributed by atoms with Crippen LogP contribution in [0.4, 0.5) is 0 Å². The smallest absolute Gasteiger partial charge is 0.287 e. The van der Waals surface area contributed by atoms with E-state index in [0.29, 0.717) is 13.1 Å². The largest absolute Gasteiger partial charge is 0.459 e. The Morgan fingerprint density at radius 3 is 2.69 bits per heavy atom. The Hall–Kier alpha value is -1.82. The van der Waals surface area contributed by atoms with Gasteiger partial charge in [-0.3, -0.25) is 9.59 Å². The minimum atomic E-state index is -0.541. The van der Waals surface area contributed by atoms with Crippen molar-refractivity contribution in [3.05, 3.63) is 24.2 Å². The molecular weight excluding hydrogens is 210 g/mol. The molecule has 0 aliphatic carbocycles. The lowest BCUT2D eigenvalue weighted by Crippen LogP contribution is -2.41. The number of carbonyl (C=O) groups excluding carboxylic acids is 2. The first-order chi connectivity index (χ1) is 7.61. The highest BCUT2D eigenvalue weighted by Gasteiger charge is 2.08. The van der Waals surface area contributed by atoms with Crippen molar-refractivity contribution >= 4 is 11.8 Å². The third kappa shape index (κ3) is 3.74. The van der Waals surface area contributed by atoms with Crippen LogP contribution in [0.25, 0.3) is 0 Å². The molecule has 1 heterocycles. The van der Waals surface area contributed by atoms with Crippen LogP contribution in [0.2, 0.25) is 0 Å². The Balaban J connectivity index is 2.17. The molecule has 0 aliphatic heterocycles.